The highest BCUT2D eigenvalue weighted by Crippen LogP contribution is 2.38. The van der Waals surface area contributed by atoms with E-state index >= 15 is 0 Å². The molecule has 2 unspecified atom stereocenters. The molecule has 28 heavy (non-hydrogen) atoms. The molecule has 0 bridgehead atoms. The zero-order valence-corrected chi connectivity index (χ0v) is 16.1. The first kappa shape index (κ1) is 18.9. The van der Waals surface area contributed by atoms with Crippen molar-refractivity contribution in [3.63, 3.8) is 0 Å². The number of amides is 4. The van der Waals surface area contributed by atoms with Crippen LogP contribution in [0.15, 0.2) is 24.3 Å². The topological polar surface area (TPSA) is 69.7 Å². The van der Waals surface area contributed by atoms with Gasteiger partial charge in [-0.1, -0.05) is 31.9 Å². The highest BCUT2D eigenvalue weighted by Gasteiger charge is 2.55. The van der Waals surface area contributed by atoms with Gasteiger partial charge in [-0.05, 0) is 49.3 Å². The van der Waals surface area contributed by atoms with Crippen LogP contribution in [0.3, 0.4) is 0 Å². The second-order valence-electron chi connectivity index (χ2n) is 8.32. The van der Waals surface area contributed by atoms with Crippen LogP contribution in [0.1, 0.15) is 51.0 Å². The Kier molecular flexibility index (Phi) is 4.85. The molecule has 0 radical (unpaired) electrons. The van der Waals surface area contributed by atoms with E-state index in [0.29, 0.717) is 13.0 Å². The molecule has 0 aromatic heterocycles. The monoisotopic (exact) mass is 387 g/mol. The molecule has 7 heteroatoms. The molecule has 2 atom stereocenters. The summed E-state index contributed by atoms with van der Waals surface area (Å²) < 4.78 is 13.1. The van der Waals surface area contributed by atoms with Gasteiger partial charge in [-0.2, -0.15) is 0 Å². The third-order valence-corrected chi connectivity index (χ3v) is 6.37. The highest BCUT2D eigenvalue weighted by atomic mass is 19.1. The maximum Gasteiger partial charge on any atom is 0.325 e. The molecule has 2 saturated carbocycles. The molecule has 1 spiro atoms. The van der Waals surface area contributed by atoms with Gasteiger partial charge in [0.05, 0.1) is 0 Å². The van der Waals surface area contributed by atoms with Crippen LogP contribution in [0.2, 0.25) is 0 Å². The Labute approximate surface area is 164 Å². The molecule has 1 aromatic rings. The van der Waals surface area contributed by atoms with Crippen LogP contribution in [0.5, 0.6) is 0 Å². The number of halogens is 1. The predicted molar refractivity (Wildman–Crippen MR) is 101 cm³/mol. The van der Waals surface area contributed by atoms with Gasteiger partial charge in [-0.3, -0.25) is 14.5 Å². The van der Waals surface area contributed by atoms with E-state index in [9.17, 15) is 18.8 Å². The third-order valence-electron chi connectivity index (χ3n) is 6.37. The van der Waals surface area contributed by atoms with Crippen molar-refractivity contribution in [2.45, 2.75) is 63.6 Å². The van der Waals surface area contributed by atoms with Gasteiger partial charge >= 0.3 is 6.03 Å². The van der Waals surface area contributed by atoms with E-state index in [2.05, 4.69) is 5.32 Å². The highest BCUT2D eigenvalue weighted by molar-refractivity contribution is 6.09. The van der Waals surface area contributed by atoms with Crippen molar-refractivity contribution in [2.24, 2.45) is 5.92 Å². The van der Waals surface area contributed by atoms with Crippen molar-refractivity contribution < 1.29 is 18.8 Å². The van der Waals surface area contributed by atoms with Crippen LogP contribution in [0, 0.1) is 11.7 Å². The second-order valence-corrected chi connectivity index (χ2v) is 8.32. The zero-order chi connectivity index (χ0) is 19.9. The summed E-state index contributed by atoms with van der Waals surface area (Å²) in [5.41, 5.74) is -0.0204. The minimum Gasteiger partial charge on any atom is -0.334 e. The van der Waals surface area contributed by atoms with E-state index in [1.54, 1.807) is 17.0 Å². The lowest BCUT2D eigenvalue weighted by atomic mass is 9.73. The van der Waals surface area contributed by atoms with Gasteiger partial charge < -0.3 is 10.2 Å². The number of benzene rings is 1. The Morgan fingerprint density at radius 2 is 1.93 bits per heavy atom. The lowest BCUT2D eigenvalue weighted by Gasteiger charge is -2.36. The second kappa shape index (κ2) is 7.18. The number of carbonyl (C=O) groups excluding carboxylic acids is 3. The standard InChI is InChI=1S/C21H26FN3O3/c1-14-4-2-3-11-21(14)19(27)25(20(28)23-21)13-18(26)24(17-9-10-17)12-15-5-7-16(22)8-6-15/h5-8,14,17H,2-4,9-13H2,1H3,(H,23,28). The van der Waals surface area contributed by atoms with Crippen LogP contribution in [0.25, 0.3) is 0 Å². The summed E-state index contributed by atoms with van der Waals surface area (Å²) >= 11 is 0. The minimum atomic E-state index is -0.850. The normalized spacial score (nSPS) is 27.2. The van der Waals surface area contributed by atoms with Crippen LogP contribution >= 0.6 is 0 Å². The molecule has 4 amide bonds. The van der Waals surface area contributed by atoms with Gasteiger partial charge in [-0.25, -0.2) is 9.18 Å². The van der Waals surface area contributed by atoms with Crippen molar-refractivity contribution in [1.29, 1.82) is 0 Å². The number of carbonyl (C=O) groups is 3. The first-order chi connectivity index (χ1) is 13.4. The van der Waals surface area contributed by atoms with Crippen LogP contribution in [-0.2, 0) is 16.1 Å². The fraction of sp³-hybridized carbons (Fsp3) is 0.571. The van der Waals surface area contributed by atoms with Crippen molar-refractivity contribution >= 4 is 17.8 Å². The van der Waals surface area contributed by atoms with Gasteiger partial charge in [0.15, 0.2) is 0 Å². The third kappa shape index (κ3) is 3.38. The Morgan fingerprint density at radius 3 is 2.57 bits per heavy atom. The molecular weight excluding hydrogens is 361 g/mol. The fourth-order valence-electron chi connectivity index (χ4n) is 4.46. The summed E-state index contributed by atoms with van der Waals surface area (Å²) in [6.45, 7) is 2.11. The van der Waals surface area contributed by atoms with Gasteiger partial charge in [-0.15, -0.1) is 0 Å². The summed E-state index contributed by atoms with van der Waals surface area (Å²) in [4.78, 5) is 41.4. The first-order valence-corrected chi connectivity index (χ1v) is 10.1. The van der Waals surface area contributed by atoms with Crippen LogP contribution in [0.4, 0.5) is 9.18 Å². The molecular formula is C21H26FN3O3. The number of nitrogens with zero attached hydrogens (tertiary/aromatic N) is 2. The lowest BCUT2D eigenvalue weighted by molar-refractivity contribution is -0.141. The van der Waals surface area contributed by atoms with Gasteiger partial charge in [0.2, 0.25) is 5.91 Å². The number of nitrogens with one attached hydrogen (secondary N) is 1. The fourth-order valence-corrected chi connectivity index (χ4v) is 4.46. The molecule has 6 nitrogen and oxygen atoms in total. The summed E-state index contributed by atoms with van der Waals surface area (Å²) in [6, 6.07) is 5.72. The average molecular weight is 387 g/mol. The first-order valence-electron chi connectivity index (χ1n) is 10.1. The summed E-state index contributed by atoms with van der Waals surface area (Å²) in [7, 11) is 0. The molecule has 1 aromatic carbocycles. The number of hydrogen-bond acceptors (Lipinski definition) is 3. The summed E-state index contributed by atoms with van der Waals surface area (Å²) in [5, 5.41) is 2.89. The molecule has 150 valence electrons. The Balaban J connectivity index is 1.47. The molecule has 4 rings (SSSR count). The smallest absolute Gasteiger partial charge is 0.325 e. The van der Waals surface area contributed by atoms with E-state index in [1.807, 2.05) is 6.92 Å². The SMILES string of the molecule is CC1CCCCC12NC(=O)N(CC(=O)N(Cc1ccc(F)cc1)C1CC1)C2=O. The molecule has 3 aliphatic rings. The summed E-state index contributed by atoms with van der Waals surface area (Å²) in [6.07, 6.45) is 5.30. The van der Waals surface area contributed by atoms with Crippen molar-refractivity contribution in [3.8, 4) is 0 Å². The minimum absolute atomic E-state index is 0.0663. The molecule has 3 fully saturated rings. The molecule has 1 aliphatic heterocycles. The van der Waals surface area contributed by atoms with E-state index in [0.717, 1.165) is 42.6 Å². The number of hydrogen-bond donors (Lipinski definition) is 1. The van der Waals surface area contributed by atoms with Gasteiger partial charge in [0, 0.05) is 12.6 Å². The van der Waals surface area contributed by atoms with Crippen molar-refractivity contribution in [1.82, 2.24) is 15.1 Å². The number of rotatable bonds is 5. The quantitative estimate of drug-likeness (QED) is 0.790. The zero-order valence-electron chi connectivity index (χ0n) is 16.1. The van der Waals surface area contributed by atoms with E-state index in [4.69, 9.17) is 0 Å². The average Bonchev–Trinajstić information content (AvgIpc) is 3.48. The van der Waals surface area contributed by atoms with Gasteiger partial charge in [0.1, 0.15) is 17.9 Å². The van der Waals surface area contributed by atoms with E-state index in [1.165, 1.54) is 12.1 Å². The molecule has 1 N–H and O–H groups in total. The summed E-state index contributed by atoms with van der Waals surface area (Å²) in [5.74, 6) is -0.762. The number of imide groups is 1. The van der Waals surface area contributed by atoms with E-state index in [-0.39, 0.29) is 36.1 Å². The maximum absolute atomic E-state index is 13.1. The van der Waals surface area contributed by atoms with Crippen molar-refractivity contribution in [3.05, 3.63) is 35.6 Å². The largest absolute Gasteiger partial charge is 0.334 e. The predicted octanol–water partition coefficient (Wildman–Crippen LogP) is 2.82. The van der Waals surface area contributed by atoms with Crippen molar-refractivity contribution in [2.75, 3.05) is 6.54 Å². The Morgan fingerprint density at radius 1 is 1.21 bits per heavy atom. The Hall–Kier alpha value is -2.44. The molecule has 2 aliphatic carbocycles. The van der Waals surface area contributed by atoms with Crippen LogP contribution in [-0.4, -0.2) is 45.8 Å². The maximum atomic E-state index is 13.1. The lowest BCUT2D eigenvalue weighted by Crippen LogP contribution is -2.54. The van der Waals surface area contributed by atoms with Gasteiger partial charge in [0.25, 0.3) is 5.91 Å². The molecule has 1 heterocycles. The Bertz CT molecular complexity index is 793. The number of urea groups is 1. The van der Waals surface area contributed by atoms with E-state index < -0.39 is 11.6 Å². The van der Waals surface area contributed by atoms with Crippen LogP contribution < -0.4 is 5.32 Å². The molecule has 1 saturated heterocycles.